The predicted octanol–water partition coefficient (Wildman–Crippen LogP) is 2.97. The van der Waals surface area contributed by atoms with Crippen LogP contribution < -0.4 is 15.4 Å². The molecule has 0 aliphatic carbocycles. The van der Waals surface area contributed by atoms with Gasteiger partial charge < -0.3 is 15.4 Å². The molecule has 1 aromatic rings. The lowest BCUT2D eigenvalue weighted by Crippen LogP contribution is -2.44. The molecule has 1 amide bonds. The van der Waals surface area contributed by atoms with Crippen molar-refractivity contribution in [2.75, 3.05) is 18.6 Å². The summed E-state index contributed by atoms with van der Waals surface area (Å²) in [4.78, 5) is 10.1. The number of primary amides is 1. The number of nitrogens with zero attached hydrogens (tertiary/aromatic N) is 1. The molecule has 0 saturated heterocycles. The van der Waals surface area contributed by atoms with Crippen LogP contribution in [0.3, 0.4) is 0 Å². The Morgan fingerprint density at radius 1 is 1.39 bits per heavy atom. The fourth-order valence-corrected chi connectivity index (χ4v) is 1.83. The third-order valence-corrected chi connectivity index (χ3v) is 3.01. The molecule has 0 fully saturated rings. The molecule has 1 aromatic carbocycles. The van der Waals surface area contributed by atoms with Gasteiger partial charge in [0.2, 0.25) is 6.41 Å². The summed E-state index contributed by atoms with van der Waals surface area (Å²) in [7, 11) is 1.51. The van der Waals surface area contributed by atoms with Crippen molar-refractivity contribution in [2.24, 2.45) is 5.73 Å². The Hall–Kier alpha value is -2.36. The number of hydrogen-bond acceptors (Lipinski definition) is 3. The summed E-state index contributed by atoms with van der Waals surface area (Å²) >= 11 is 0. The highest BCUT2D eigenvalue weighted by molar-refractivity contribution is 5.54. The standard InChI is InChI=1S/C15H18F3NO.CH3NO/c1-5-14(2,3)19(10-9-15(16,17)18)12-7-6-8-13(11-12)20-4;2-1-3/h1,6-8,11H,9-10H2,2-4H3;1H,(H2,2,3). The molecule has 2 N–H and O–H groups in total. The molecule has 0 heterocycles. The number of nitrogens with two attached hydrogens (primary N) is 1. The van der Waals surface area contributed by atoms with Crippen LogP contribution >= 0.6 is 0 Å². The van der Waals surface area contributed by atoms with E-state index in [4.69, 9.17) is 16.0 Å². The molecule has 7 heteroatoms. The van der Waals surface area contributed by atoms with Gasteiger partial charge in [-0.05, 0) is 26.0 Å². The molecular weight excluding hydrogens is 309 g/mol. The second kappa shape index (κ2) is 8.93. The summed E-state index contributed by atoms with van der Waals surface area (Å²) in [6.45, 7) is 3.22. The van der Waals surface area contributed by atoms with Crippen LogP contribution in [-0.2, 0) is 4.79 Å². The zero-order valence-corrected chi connectivity index (χ0v) is 13.4. The summed E-state index contributed by atoms with van der Waals surface area (Å²) in [5, 5.41) is 0. The third kappa shape index (κ3) is 7.45. The number of rotatable bonds is 5. The van der Waals surface area contributed by atoms with E-state index >= 15 is 0 Å². The van der Waals surface area contributed by atoms with Gasteiger partial charge in [0.15, 0.2) is 0 Å². The zero-order valence-electron chi connectivity index (χ0n) is 13.4. The first-order valence-electron chi connectivity index (χ1n) is 6.73. The maximum atomic E-state index is 12.5. The number of terminal acetylenes is 1. The Kier molecular flexibility index (Phi) is 8.02. The molecule has 0 bridgehead atoms. The molecule has 0 saturated carbocycles. The van der Waals surface area contributed by atoms with E-state index in [0.717, 1.165) is 0 Å². The van der Waals surface area contributed by atoms with Crippen molar-refractivity contribution in [1.29, 1.82) is 0 Å². The van der Waals surface area contributed by atoms with E-state index < -0.39 is 18.1 Å². The molecule has 4 nitrogen and oxygen atoms in total. The number of carbonyl (C=O) groups excluding carboxylic acids is 1. The molecule has 0 spiro atoms. The first-order chi connectivity index (χ1) is 10.6. The van der Waals surface area contributed by atoms with Crippen LogP contribution in [-0.4, -0.2) is 31.8 Å². The zero-order chi connectivity index (χ0) is 18.1. The van der Waals surface area contributed by atoms with E-state index in [0.29, 0.717) is 11.4 Å². The summed E-state index contributed by atoms with van der Waals surface area (Å²) in [6, 6.07) is 6.85. The molecule has 0 aromatic heterocycles. The Balaban J connectivity index is 0.00000149. The Morgan fingerprint density at radius 2 is 1.96 bits per heavy atom. The highest BCUT2D eigenvalue weighted by atomic mass is 19.4. The minimum absolute atomic E-state index is 0.201. The van der Waals surface area contributed by atoms with Gasteiger partial charge in [0.25, 0.3) is 0 Å². The van der Waals surface area contributed by atoms with Crippen LogP contribution in [0, 0.1) is 12.3 Å². The van der Waals surface area contributed by atoms with Gasteiger partial charge in [-0.15, -0.1) is 6.42 Å². The topological polar surface area (TPSA) is 55.6 Å². The molecule has 0 unspecified atom stereocenters. The molecule has 0 aliphatic rings. The fraction of sp³-hybridized carbons (Fsp3) is 0.438. The van der Waals surface area contributed by atoms with Gasteiger partial charge in [-0.1, -0.05) is 12.0 Å². The summed E-state index contributed by atoms with van der Waals surface area (Å²) in [5.74, 6) is 3.11. The minimum atomic E-state index is -4.22. The average Bonchev–Trinajstić information content (AvgIpc) is 2.47. The number of carbonyl (C=O) groups is 1. The van der Waals surface area contributed by atoms with Crippen molar-refractivity contribution in [1.82, 2.24) is 0 Å². The molecule has 1 rings (SSSR count). The highest BCUT2D eigenvalue weighted by Gasteiger charge is 2.32. The van der Waals surface area contributed by atoms with Crippen molar-refractivity contribution in [3.05, 3.63) is 24.3 Å². The van der Waals surface area contributed by atoms with Crippen molar-refractivity contribution in [3.8, 4) is 18.1 Å². The normalized spacial score (nSPS) is 10.8. The van der Waals surface area contributed by atoms with E-state index in [9.17, 15) is 13.2 Å². The fourth-order valence-electron chi connectivity index (χ4n) is 1.83. The second-order valence-electron chi connectivity index (χ2n) is 5.06. The van der Waals surface area contributed by atoms with E-state index in [-0.39, 0.29) is 13.0 Å². The van der Waals surface area contributed by atoms with E-state index in [1.54, 1.807) is 43.0 Å². The van der Waals surface area contributed by atoms with Gasteiger partial charge in [-0.3, -0.25) is 4.79 Å². The predicted molar refractivity (Wildman–Crippen MR) is 84.2 cm³/mol. The number of halogens is 3. The van der Waals surface area contributed by atoms with Crippen LogP contribution in [0.1, 0.15) is 20.3 Å². The van der Waals surface area contributed by atoms with Crippen molar-refractivity contribution in [2.45, 2.75) is 32.0 Å². The molecule has 23 heavy (non-hydrogen) atoms. The van der Waals surface area contributed by atoms with Gasteiger partial charge in [0, 0.05) is 18.3 Å². The largest absolute Gasteiger partial charge is 0.497 e. The van der Waals surface area contributed by atoms with Crippen LogP contribution in [0.2, 0.25) is 0 Å². The van der Waals surface area contributed by atoms with Crippen LogP contribution in [0.25, 0.3) is 0 Å². The van der Waals surface area contributed by atoms with Gasteiger partial charge in [-0.25, -0.2) is 0 Å². The second-order valence-corrected chi connectivity index (χ2v) is 5.06. The SMILES string of the molecule is C#CC(C)(C)N(CCC(F)(F)F)c1cccc(OC)c1.NC=O. The monoisotopic (exact) mass is 330 g/mol. The molecule has 0 atom stereocenters. The molecule has 128 valence electrons. The summed E-state index contributed by atoms with van der Waals surface area (Å²) < 4.78 is 42.5. The van der Waals surface area contributed by atoms with Gasteiger partial charge in [-0.2, -0.15) is 13.2 Å². The van der Waals surface area contributed by atoms with E-state index in [1.165, 1.54) is 7.11 Å². The van der Waals surface area contributed by atoms with Crippen molar-refractivity contribution < 1.29 is 22.7 Å². The van der Waals surface area contributed by atoms with E-state index in [1.807, 2.05) is 0 Å². The first-order valence-corrected chi connectivity index (χ1v) is 6.73. The van der Waals surface area contributed by atoms with Crippen molar-refractivity contribution in [3.63, 3.8) is 0 Å². The van der Waals surface area contributed by atoms with Gasteiger partial charge in [0.1, 0.15) is 5.75 Å². The van der Waals surface area contributed by atoms with E-state index in [2.05, 4.69) is 11.7 Å². The number of anilines is 1. The van der Waals surface area contributed by atoms with Crippen LogP contribution in [0.15, 0.2) is 24.3 Å². The van der Waals surface area contributed by atoms with Crippen LogP contribution in [0.4, 0.5) is 18.9 Å². The molecule has 0 aliphatic heterocycles. The Morgan fingerprint density at radius 3 is 2.39 bits per heavy atom. The number of methoxy groups -OCH3 is 1. The number of hydrogen-bond donors (Lipinski definition) is 1. The quantitative estimate of drug-likeness (QED) is 0.667. The Bertz CT molecular complexity index is 537. The highest BCUT2D eigenvalue weighted by Crippen LogP contribution is 2.29. The third-order valence-electron chi connectivity index (χ3n) is 3.01. The van der Waals surface area contributed by atoms with Crippen molar-refractivity contribution >= 4 is 12.1 Å². The lowest BCUT2D eigenvalue weighted by molar-refractivity contribution is -0.132. The number of ether oxygens (including phenoxy) is 1. The number of alkyl halides is 3. The van der Waals surface area contributed by atoms with Crippen LogP contribution in [0.5, 0.6) is 5.75 Å². The smallest absolute Gasteiger partial charge is 0.390 e. The lowest BCUT2D eigenvalue weighted by atomic mass is 10.0. The maximum Gasteiger partial charge on any atom is 0.390 e. The maximum absolute atomic E-state index is 12.5. The molecular formula is C16H21F3N2O2. The summed E-state index contributed by atoms with van der Waals surface area (Å²) in [6.07, 6.45) is 0.559. The Labute approximate surface area is 134 Å². The molecule has 0 radical (unpaired) electrons. The number of benzene rings is 1. The lowest BCUT2D eigenvalue weighted by Gasteiger charge is -2.37. The first kappa shape index (κ1) is 20.6. The number of amides is 1. The average molecular weight is 330 g/mol. The van der Waals surface area contributed by atoms with Gasteiger partial charge >= 0.3 is 6.18 Å². The summed E-state index contributed by atoms with van der Waals surface area (Å²) in [5.41, 5.74) is 3.95. The minimum Gasteiger partial charge on any atom is -0.497 e. The van der Waals surface area contributed by atoms with Gasteiger partial charge in [0.05, 0.1) is 19.1 Å².